The van der Waals surface area contributed by atoms with E-state index >= 15 is 0 Å². The maximum absolute atomic E-state index is 6.19. The summed E-state index contributed by atoms with van der Waals surface area (Å²) in [4.78, 5) is 2.17. The van der Waals surface area contributed by atoms with Crippen LogP contribution < -0.4 is 15.4 Å². The van der Waals surface area contributed by atoms with Crippen LogP contribution in [0.4, 0.5) is 5.69 Å². The fourth-order valence-corrected chi connectivity index (χ4v) is 1.52. The molecule has 1 aromatic carbocycles. The van der Waals surface area contributed by atoms with Crippen molar-refractivity contribution in [2.75, 3.05) is 25.6 Å². The minimum atomic E-state index is 0.118. The second-order valence-electron chi connectivity index (χ2n) is 5.55. The fourth-order valence-electron chi connectivity index (χ4n) is 1.52. The van der Waals surface area contributed by atoms with Crippen LogP contribution >= 0.6 is 0 Å². The van der Waals surface area contributed by atoms with E-state index in [4.69, 9.17) is 10.5 Å². The van der Waals surface area contributed by atoms with Crippen molar-refractivity contribution in [2.45, 2.75) is 26.8 Å². The van der Waals surface area contributed by atoms with Gasteiger partial charge in [-0.15, -0.1) is 0 Å². The molecule has 2 N–H and O–H groups in total. The average molecular weight is 236 g/mol. The predicted octanol–water partition coefficient (Wildman–Crippen LogP) is 2.50. The van der Waals surface area contributed by atoms with E-state index in [0.717, 1.165) is 18.0 Å². The van der Waals surface area contributed by atoms with E-state index in [0.29, 0.717) is 0 Å². The maximum atomic E-state index is 6.19. The van der Waals surface area contributed by atoms with Crippen LogP contribution in [0.25, 0.3) is 0 Å². The van der Waals surface area contributed by atoms with Crippen LogP contribution in [0.5, 0.6) is 5.75 Å². The molecule has 0 aromatic heterocycles. The molecule has 17 heavy (non-hydrogen) atoms. The molecule has 1 rings (SSSR count). The molecule has 3 heteroatoms. The van der Waals surface area contributed by atoms with E-state index < -0.39 is 0 Å². The van der Waals surface area contributed by atoms with Gasteiger partial charge >= 0.3 is 0 Å². The Hall–Kier alpha value is -1.22. The van der Waals surface area contributed by atoms with E-state index in [1.54, 1.807) is 7.11 Å². The van der Waals surface area contributed by atoms with Crippen molar-refractivity contribution in [2.24, 2.45) is 11.1 Å². The standard InChI is InChI=1S/C14H24N2O/c1-14(2,3)13(15)10-16(4)11-7-6-8-12(9-11)17-5/h6-9,13H,10,15H2,1-5H3/t13-/m0/s1. The summed E-state index contributed by atoms with van der Waals surface area (Å²) in [5, 5.41) is 0. The molecule has 0 unspecified atom stereocenters. The number of rotatable bonds is 4. The summed E-state index contributed by atoms with van der Waals surface area (Å²) in [5.41, 5.74) is 7.43. The quantitative estimate of drug-likeness (QED) is 0.873. The first kappa shape index (κ1) is 13.8. The zero-order valence-corrected chi connectivity index (χ0v) is 11.5. The number of anilines is 1. The van der Waals surface area contributed by atoms with Gasteiger partial charge in [0.05, 0.1) is 7.11 Å². The topological polar surface area (TPSA) is 38.5 Å². The zero-order valence-electron chi connectivity index (χ0n) is 11.5. The summed E-state index contributed by atoms with van der Waals surface area (Å²) in [6.45, 7) is 7.32. The fraction of sp³-hybridized carbons (Fsp3) is 0.571. The van der Waals surface area contributed by atoms with Crippen molar-refractivity contribution in [3.63, 3.8) is 0 Å². The number of nitrogens with two attached hydrogens (primary N) is 1. The summed E-state index contributed by atoms with van der Waals surface area (Å²) < 4.78 is 5.22. The molecule has 0 fully saturated rings. The van der Waals surface area contributed by atoms with Crippen molar-refractivity contribution < 1.29 is 4.74 Å². The second-order valence-corrected chi connectivity index (χ2v) is 5.55. The molecular weight excluding hydrogens is 212 g/mol. The van der Waals surface area contributed by atoms with Crippen LogP contribution in [0.1, 0.15) is 20.8 Å². The lowest BCUT2D eigenvalue weighted by Crippen LogP contribution is -2.44. The Morgan fingerprint density at radius 1 is 1.35 bits per heavy atom. The molecule has 1 atom stereocenters. The number of ether oxygens (including phenoxy) is 1. The molecule has 0 aliphatic rings. The molecule has 96 valence electrons. The Labute approximate surface area is 105 Å². The lowest BCUT2D eigenvalue weighted by atomic mass is 9.87. The predicted molar refractivity (Wildman–Crippen MR) is 73.7 cm³/mol. The Bertz CT molecular complexity index is 357. The highest BCUT2D eigenvalue weighted by molar-refractivity contribution is 5.50. The summed E-state index contributed by atoms with van der Waals surface area (Å²) in [7, 11) is 3.74. The highest BCUT2D eigenvalue weighted by Gasteiger charge is 2.22. The third kappa shape index (κ3) is 3.93. The van der Waals surface area contributed by atoms with Gasteiger partial charge in [0.2, 0.25) is 0 Å². The first-order valence-corrected chi connectivity index (χ1v) is 5.95. The van der Waals surface area contributed by atoms with Gasteiger partial charge < -0.3 is 15.4 Å². The highest BCUT2D eigenvalue weighted by Crippen LogP contribution is 2.23. The minimum absolute atomic E-state index is 0.118. The molecule has 1 aromatic rings. The Morgan fingerprint density at radius 2 is 2.00 bits per heavy atom. The van der Waals surface area contributed by atoms with Crippen LogP contribution in [-0.2, 0) is 0 Å². The summed E-state index contributed by atoms with van der Waals surface area (Å²) in [5.74, 6) is 0.874. The van der Waals surface area contributed by atoms with Crippen LogP contribution in [0, 0.1) is 5.41 Å². The molecule has 0 aliphatic carbocycles. The van der Waals surface area contributed by atoms with Crippen molar-refractivity contribution in [1.82, 2.24) is 0 Å². The number of nitrogens with zero attached hydrogens (tertiary/aromatic N) is 1. The normalized spacial score (nSPS) is 13.3. The number of hydrogen-bond donors (Lipinski definition) is 1. The van der Waals surface area contributed by atoms with Gasteiger partial charge in [-0.05, 0) is 17.5 Å². The van der Waals surface area contributed by atoms with Crippen LogP contribution in [-0.4, -0.2) is 26.7 Å². The largest absolute Gasteiger partial charge is 0.497 e. The van der Waals surface area contributed by atoms with Gasteiger partial charge in [0.25, 0.3) is 0 Å². The number of benzene rings is 1. The van der Waals surface area contributed by atoms with Gasteiger partial charge in [-0.1, -0.05) is 26.8 Å². The number of methoxy groups -OCH3 is 1. The third-order valence-electron chi connectivity index (χ3n) is 3.08. The van der Waals surface area contributed by atoms with Gasteiger partial charge in [0.1, 0.15) is 5.75 Å². The molecule has 0 heterocycles. The van der Waals surface area contributed by atoms with E-state index in [2.05, 4.69) is 38.8 Å². The van der Waals surface area contributed by atoms with E-state index in [-0.39, 0.29) is 11.5 Å². The van der Waals surface area contributed by atoms with Crippen molar-refractivity contribution in [1.29, 1.82) is 0 Å². The number of hydrogen-bond acceptors (Lipinski definition) is 3. The third-order valence-corrected chi connectivity index (χ3v) is 3.08. The molecular formula is C14H24N2O. The van der Waals surface area contributed by atoms with Gasteiger partial charge in [0.15, 0.2) is 0 Å². The lowest BCUT2D eigenvalue weighted by molar-refractivity contribution is 0.323. The molecule has 0 aliphatic heterocycles. The van der Waals surface area contributed by atoms with Crippen molar-refractivity contribution in [3.8, 4) is 5.75 Å². The van der Waals surface area contributed by atoms with Crippen LogP contribution in [0.3, 0.4) is 0 Å². The molecule has 0 amide bonds. The van der Waals surface area contributed by atoms with E-state index in [1.807, 2.05) is 18.2 Å². The molecule has 0 radical (unpaired) electrons. The molecule has 0 spiro atoms. The Morgan fingerprint density at radius 3 is 2.53 bits per heavy atom. The van der Waals surface area contributed by atoms with Gasteiger partial charge in [0, 0.05) is 31.4 Å². The summed E-state index contributed by atoms with van der Waals surface area (Å²) in [6.07, 6.45) is 0. The zero-order chi connectivity index (χ0) is 13.1. The molecule has 0 saturated heterocycles. The van der Waals surface area contributed by atoms with Crippen molar-refractivity contribution in [3.05, 3.63) is 24.3 Å². The monoisotopic (exact) mass is 236 g/mol. The highest BCUT2D eigenvalue weighted by atomic mass is 16.5. The smallest absolute Gasteiger partial charge is 0.120 e. The number of likely N-dealkylation sites (N-methyl/N-ethyl adjacent to an activating group) is 1. The lowest BCUT2D eigenvalue weighted by Gasteiger charge is -2.32. The average Bonchev–Trinajstić information content (AvgIpc) is 2.27. The van der Waals surface area contributed by atoms with Crippen LogP contribution in [0.2, 0.25) is 0 Å². The SMILES string of the molecule is COc1cccc(N(C)C[C@H](N)C(C)(C)C)c1. The summed E-state index contributed by atoms with van der Waals surface area (Å²) >= 11 is 0. The Kier molecular flexibility index (Phi) is 4.40. The van der Waals surface area contributed by atoms with Gasteiger partial charge in [-0.25, -0.2) is 0 Å². The van der Waals surface area contributed by atoms with Crippen molar-refractivity contribution >= 4 is 5.69 Å². The maximum Gasteiger partial charge on any atom is 0.120 e. The molecule has 0 saturated carbocycles. The first-order valence-electron chi connectivity index (χ1n) is 5.95. The van der Waals surface area contributed by atoms with E-state index in [1.165, 1.54) is 0 Å². The minimum Gasteiger partial charge on any atom is -0.497 e. The van der Waals surface area contributed by atoms with Gasteiger partial charge in [-0.2, -0.15) is 0 Å². The van der Waals surface area contributed by atoms with E-state index in [9.17, 15) is 0 Å². The van der Waals surface area contributed by atoms with Gasteiger partial charge in [-0.3, -0.25) is 0 Å². The first-order chi connectivity index (χ1) is 7.84. The van der Waals surface area contributed by atoms with Crippen LogP contribution in [0.15, 0.2) is 24.3 Å². The second kappa shape index (κ2) is 5.41. The summed E-state index contributed by atoms with van der Waals surface area (Å²) in [6, 6.07) is 8.17. The Balaban J connectivity index is 2.72. The molecule has 3 nitrogen and oxygen atoms in total. The molecule has 0 bridgehead atoms.